The van der Waals surface area contributed by atoms with E-state index >= 15 is 0 Å². The minimum absolute atomic E-state index is 0.0113. The number of hydrogen-bond donors (Lipinski definition) is 3. The van der Waals surface area contributed by atoms with Crippen LogP contribution in [0.4, 0.5) is 5.69 Å². The number of hydrogen-bond acceptors (Lipinski definition) is 3. The molecule has 5 aromatic rings. The van der Waals surface area contributed by atoms with E-state index in [0.717, 1.165) is 44.3 Å². The molecule has 0 atom stereocenters. The van der Waals surface area contributed by atoms with Crippen molar-refractivity contribution in [3.63, 3.8) is 0 Å². The zero-order valence-corrected chi connectivity index (χ0v) is 18.4. The number of aromatic amines is 2. The Hall–Kier alpha value is -3.93. The molecule has 0 saturated heterocycles. The number of para-hydroxylation sites is 1. The minimum Gasteiger partial charge on any atom is -0.353 e. The average molecular weight is 424 g/mol. The van der Waals surface area contributed by atoms with Gasteiger partial charge in [-0.15, -0.1) is 0 Å². The minimum atomic E-state index is -0.0690. The molecule has 0 aliphatic rings. The normalized spacial score (nSPS) is 11.8. The zero-order valence-electron chi connectivity index (χ0n) is 18.4. The summed E-state index contributed by atoms with van der Waals surface area (Å²) >= 11 is 0. The van der Waals surface area contributed by atoms with Gasteiger partial charge in [0.2, 0.25) is 5.91 Å². The number of H-pyrrole nitrogens is 2. The Bertz CT molecular complexity index is 1400. The van der Waals surface area contributed by atoms with Gasteiger partial charge in [-0.2, -0.15) is 5.10 Å². The second kappa shape index (κ2) is 7.64. The first kappa shape index (κ1) is 20.0. The lowest BCUT2D eigenvalue weighted by atomic mass is 9.92. The maximum Gasteiger partial charge on any atom is 0.224 e. The number of fused-ring (bicyclic) bond motifs is 2. The molecule has 32 heavy (non-hydrogen) atoms. The Morgan fingerprint density at radius 2 is 1.81 bits per heavy atom. The molecule has 0 spiro atoms. The molecule has 2 aromatic carbocycles. The first-order valence-electron chi connectivity index (χ1n) is 10.7. The summed E-state index contributed by atoms with van der Waals surface area (Å²) in [6.45, 7) is 6.14. The highest BCUT2D eigenvalue weighted by Crippen LogP contribution is 2.32. The summed E-state index contributed by atoms with van der Waals surface area (Å²) in [6.07, 6.45) is 3.94. The van der Waals surface area contributed by atoms with E-state index in [1.165, 1.54) is 0 Å². The maximum absolute atomic E-state index is 12.3. The van der Waals surface area contributed by atoms with Crippen molar-refractivity contribution in [2.45, 2.75) is 27.2 Å². The lowest BCUT2D eigenvalue weighted by molar-refractivity contribution is -0.117. The molecule has 3 heterocycles. The number of carbonyl (C=O) groups is 1. The molecule has 6 nitrogen and oxygen atoms in total. The number of benzene rings is 2. The third-order valence-electron chi connectivity index (χ3n) is 5.39. The molecule has 0 fully saturated rings. The predicted octanol–water partition coefficient (Wildman–Crippen LogP) is 6.15. The lowest BCUT2D eigenvalue weighted by Gasteiger charge is -2.17. The van der Waals surface area contributed by atoms with Crippen molar-refractivity contribution in [2.75, 3.05) is 5.32 Å². The van der Waals surface area contributed by atoms with Crippen LogP contribution in [0.25, 0.3) is 44.3 Å². The second-order valence-electron chi connectivity index (χ2n) is 9.35. The van der Waals surface area contributed by atoms with Crippen LogP contribution in [0.15, 0.2) is 67.0 Å². The highest BCUT2D eigenvalue weighted by Gasteiger charge is 2.16. The first-order valence-corrected chi connectivity index (χ1v) is 10.7. The smallest absolute Gasteiger partial charge is 0.224 e. The van der Waals surface area contributed by atoms with Gasteiger partial charge in [-0.3, -0.25) is 14.9 Å². The molecular formula is C26H25N5O. The predicted molar refractivity (Wildman–Crippen MR) is 129 cm³/mol. The zero-order chi connectivity index (χ0) is 22.3. The van der Waals surface area contributed by atoms with Crippen molar-refractivity contribution < 1.29 is 4.79 Å². The number of nitrogens with one attached hydrogen (secondary N) is 3. The van der Waals surface area contributed by atoms with E-state index in [1.807, 2.05) is 57.3 Å². The fraction of sp³-hybridized carbons (Fsp3) is 0.192. The van der Waals surface area contributed by atoms with Gasteiger partial charge in [0.05, 0.1) is 23.1 Å². The van der Waals surface area contributed by atoms with Gasteiger partial charge in [0.15, 0.2) is 0 Å². The largest absolute Gasteiger partial charge is 0.353 e. The molecule has 0 radical (unpaired) electrons. The van der Waals surface area contributed by atoms with Gasteiger partial charge in [-0.1, -0.05) is 45.0 Å². The Morgan fingerprint density at radius 1 is 0.969 bits per heavy atom. The van der Waals surface area contributed by atoms with E-state index in [0.29, 0.717) is 12.1 Å². The Labute approximate surface area is 186 Å². The van der Waals surface area contributed by atoms with Crippen LogP contribution < -0.4 is 5.32 Å². The van der Waals surface area contributed by atoms with Crippen LogP contribution in [0.5, 0.6) is 0 Å². The third kappa shape index (κ3) is 3.99. The monoisotopic (exact) mass is 423 g/mol. The van der Waals surface area contributed by atoms with E-state index < -0.39 is 0 Å². The van der Waals surface area contributed by atoms with Crippen molar-refractivity contribution in [3.05, 3.63) is 67.0 Å². The van der Waals surface area contributed by atoms with Gasteiger partial charge < -0.3 is 10.3 Å². The summed E-state index contributed by atoms with van der Waals surface area (Å²) in [5.41, 5.74) is 6.46. The van der Waals surface area contributed by atoms with Gasteiger partial charge in [-0.05, 0) is 41.3 Å². The molecule has 0 aliphatic carbocycles. The number of rotatable bonds is 4. The number of nitrogens with zero attached hydrogens (tertiary/aromatic N) is 2. The van der Waals surface area contributed by atoms with Crippen molar-refractivity contribution in [1.82, 2.24) is 20.2 Å². The number of carbonyl (C=O) groups excluding carboxylic acids is 1. The molecule has 5 rings (SSSR count). The highest BCUT2D eigenvalue weighted by molar-refractivity contribution is 5.98. The summed E-state index contributed by atoms with van der Waals surface area (Å²) in [7, 11) is 0. The molecule has 0 unspecified atom stereocenters. The number of pyridine rings is 1. The Morgan fingerprint density at radius 3 is 2.62 bits per heavy atom. The van der Waals surface area contributed by atoms with E-state index in [-0.39, 0.29) is 11.3 Å². The van der Waals surface area contributed by atoms with Crippen molar-refractivity contribution in [3.8, 4) is 22.5 Å². The van der Waals surface area contributed by atoms with Crippen LogP contribution in [-0.4, -0.2) is 26.1 Å². The number of amides is 1. The molecule has 6 heteroatoms. The Kier molecular flexibility index (Phi) is 4.78. The van der Waals surface area contributed by atoms with Crippen LogP contribution in [0.3, 0.4) is 0 Å². The van der Waals surface area contributed by atoms with Crippen molar-refractivity contribution in [2.24, 2.45) is 5.41 Å². The topological polar surface area (TPSA) is 86.5 Å². The summed E-state index contributed by atoms with van der Waals surface area (Å²) in [4.78, 5) is 20.1. The number of anilines is 1. The summed E-state index contributed by atoms with van der Waals surface area (Å²) in [5, 5.41) is 12.8. The maximum atomic E-state index is 12.3. The molecule has 0 aliphatic heterocycles. The van der Waals surface area contributed by atoms with Crippen molar-refractivity contribution in [1.29, 1.82) is 0 Å². The SMILES string of the molecule is CC(C)(C)CC(=O)Nc1cncc(-c2ccc3[nH]nc(-c4cc5ccccc5[nH]4)c3c2)c1. The van der Waals surface area contributed by atoms with Crippen LogP contribution in [0.1, 0.15) is 27.2 Å². The lowest BCUT2D eigenvalue weighted by Crippen LogP contribution is -2.19. The molecule has 0 saturated carbocycles. The van der Waals surface area contributed by atoms with Crippen LogP contribution in [0.2, 0.25) is 0 Å². The summed E-state index contributed by atoms with van der Waals surface area (Å²) < 4.78 is 0. The van der Waals surface area contributed by atoms with Gasteiger partial charge in [-0.25, -0.2) is 0 Å². The van der Waals surface area contributed by atoms with Crippen LogP contribution in [-0.2, 0) is 4.79 Å². The fourth-order valence-electron chi connectivity index (χ4n) is 3.95. The van der Waals surface area contributed by atoms with Gasteiger partial charge in [0, 0.05) is 34.5 Å². The van der Waals surface area contributed by atoms with Gasteiger partial charge in [0.25, 0.3) is 0 Å². The van der Waals surface area contributed by atoms with E-state index in [2.05, 4.69) is 49.7 Å². The van der Waals surface area contributed by atoms with Crippen LogP contribution >= 0.6 is 0 Å². The third-order valence-corrected chi connectivity index (χ3v) is 5.39. The van der Waals surface area contributed by atoms with Gasteiger partial charge >= 0.3 is 0 Å². The first-order chi connectivity index (χ1) is 15.4. The van der Waals surface area contributed by atoms with E-state index in [9.17, 15) is 4.79 Å². The summed E-state index contributed by atoms with van der Waals surface area (Å²) in [5.74, 6) is -0.0113. The fourth-order valence-corrected chi connectivity index (χ4v) is 3.95. The molecule has 0 bridgehead atoms. The highest BCUT2D eigenvalue weighted by atomic mass is 16.1. The number of aromatic nitrogens is 4. The molecule has 3 N–H and O–H groups in total. The van der Waals surface area contributed by atoms with Crippen molar-refractivity contribution >= 4 is 33.4 Å². The van der Waals surface area contributed by atoms with E-state index in [4.69, 9.17) is 0 Å². The molecular weight excluding hydrogens is 398 g/mol. The van der Waals surface area contributed by atoms with Gasteiger partial charge in [0.1, 0.15) is 5.69 Å². The molecule has 3 aromatic heterocycles. The second-order valence-corrected chi connectivity index (χ2v) is 9.35. The summed E-state index contributed by atoms with van der Waals surface area (Å²) in [6, 6.07) is 18.4. The quantitative estimate of drug-likeness (QED) is 0.324. The van der Waals surface area contributed by atoms with Crippen LogP contribution in [0, 0.1) is 5.41 Å². The Balaban J connectivity index is 1.49. The molecule has 1 amide bonds. The standard InChI is InChI=1S/C26H25N5O/c1-26(2,3)13-24(32)28-19-10-18(14-27-15-19)16-8-9-22-20(11-16)25(31-30-22)23-12-17-6-4-5-7-21(17)29-23/h4-12,14-15,29H,13H2,1-3H3,(H,28,32)(H,30,31). The molecule has 160 valence electrons. The average Bonchev–Trinajstić information content (AvgIpc) is 3.35. The van der Waals surface area contributed by atoms with E-state index in [1.54, 1.807) is 6.20 Å².